The zero-order valence-corrected chi connectivity index (χ0v) is 13.6. The van der Waals surface area contributed by atoms with Gasteiger partial charge >= 0.3 is 0 Å². The van der Waals surface area contributed by atoms with Gasteiger partial charge in [0, 0.05) is 17.8 Å². The number of hydrogen-bond donors (Lipinski definition) is 0. The summed E-state index contributed by atoms with van der Waals surface area (Å²) in [5, 5.41) is -0.168. The third-order valence-electron chi connectivity index (χ3n) is 3.08. The Bertz CT molecular complexity index is 570. The highest BCUT2D eigenvalue weighted by atomic mass is 79.9. The quantitative estimate of drug-likeness (QED) is 0.766. The van der Waals surface area contributed by atoms with E-state index in [9.17, 15) is 0 Å². The number of aromatic nitrogens is 3. The first kappa shape index (κ1) is 14.8. The molecule has 0 aliphatic heterocycles. The highest BCUT2D eigenvalue weighted by Crippen LogP contribution is 2.29. The molecule has 4 nitrogen and oxygen atoms in total. The lowest BCUT2D eigenvalue weighted by Crippen LogP contribution is -2.17. The van der Waals surface area contributed by atoms with Gasteiger partial charge in [-0.15, -0.1) is 11.6 Å². The Hall–Kier alpha value is -0.650. The van der Waals surface area contributed by atoms with E-state index in [-0.39, 0.29) is 11.4 Å². The molecule has 2 aromatic rings. The van der Waals surface area contributed by atoms with Crippen LogP contribution in [0.1, 0.15) is 37.5 Å². The summed E-state index contributed by atoms with van der Waals surface area (Å²) in [5.74, 6) is 0.839. The molecule has 0 radical (unpaired) electrons. The molecule has 2 aromatic heterocycles. The minimum absolute atomic E-state index is 0.168. The molecular weight excluding hydrogens is 330 g/mol. The van der Waals surface area contributed by atoms with Crippen LogP contribution >= 0.6 is 27.5 Å². The molecule has 6 heteroatoms. The molecule has 0 saturated heterocycles. The first-order valence-electron chi connectivity index (χ1n) is 6.24. The summed E-state index contributed by atoms with van der Waals surface area (Å²) in [6, 6.07) is 2.15. The largest absolute Gasteiger partial charge is 0.383 e. The highest BCUT2D eigenvalue weighted by molar-refractivity contribution is 9.10. The fourth-order valence-electron chi connectivity index (χ4n) is 2.18. The number of imidazole rings is 1. The lowest BCUT2D eigenvalue weighted by atomic mass is 10.2. The second kappa shape index (κ2) is 6.20. The maximum absolute atomic E-state index is 6.26. The Balaban J connectivity index is 2.63. The smallest absolute Gasteiger partial charge is 0.160 e. The number of nitrogens with zero attached hydrogens (tertiary/aromatic N) is 3. The Morgan fingerprint density at radius 3 is 2.84 bits per heavy atom. The van der Waals surface area contributed by atoms with E-state index in [1.165, 1.54) is 0 Å². The molecule has 0 N–H and O–H groups in total. The third kappa shape index (κ3) is 2.93. The number of pyridine rings is 1. The van der Waals surface area contributed by atoms with Crippen molar-refractivity contribution in [2.24, 2.45) is 0 Å². The van der Waals surface area contributed by atoms with Gasteiger partial charge in [-0.25, -0.2) is 9.97 Å². The lowest BCUT2D eigenvalue weighted by molar-refractivity contribution is 0.153. The molecule has 0 saturated carbocycles. The summed E-state index contributed by atoms with van der Waals surface area (Å²) in [4.78, 5) is 9.08. The Labute approximate surface area is 126 Å². The number of methoxy groups -OCH3 is 1. The van der Waals surface area contributed by atoms with Crippen LogP contribution in [0.4, 0.5) is 0 Å². The topological polar surface area (TPSA) is 39.9 Å². The van der Waals surface area contributed by atoms with Gasteiger partial charge in [-0.1, -0.05) is 6.92 Å². The molecule has 0 spiro atoms. The van der Waals surface area contributed by atoms with E-state index in [1.807, 2.05) is 13.0 Å². The normalized spacial score (nSPS) is 14.8. The predicted molar refractivity (Wildman–Crippen MR) is 80.7 cm³/mol. The summed E-state index contributed by atoms with van der Waals surface area (Å²) in [6.07, 6.45) is 2.72. The van der Waals surface area contributed by atoms with Crippen LogP contribution in [-0.4, -0.2) is 28.3 Å². The van der Waals surface area contributed by atoms with Gasteiger partial charge in [-0.2, -0.15) is 0 Å². The summed E-state index contributed by atoms with van der Waals surface area (Å²) < 4.78 is 8.31. The number of hydrogen-bond acceptors (Lipinski definition) is 3. The van der Waals surface area contributed by atoms with Crippen LogP contribution in [0.5, 0.6) is 0 Å². The number of fused-ring (bicyclic) bond motifs is 1. The van der Waals surface area contributed by atoms with Crippen molar-refractivity contribution in [1.82, 2.24) is 14.5 Å². The third-order valence-corrected chi connectivity index (χ3v) is 3.70. The van der Waals surface area contributed by atoms with Crippen molar-refractivity contribution in [2.45, 2.75) is 31.7 Å². The van der Waals surface area contributed by atoms with Crippen LogP contribution in [0.15, 0.2) is 16.7 Å². The van der Waals surface area contributed by atoms with Gasteiger partial charge in [0.15, 0.2) is 5.65 Å². The van der Waals surface area contributed by atoms with Crippen molar-refractivity contribution < 1.29 is 4.74 Å². The van der Waals surface area contributed by atoms with Crippen LogP contribution < -0.4 is 0 Å². The maximum atomic E-state index is 6.26. The number of halogens is 2. The van der Waals surface area contributed by atoms with Gasteiger partial charge in [-0.3, -0.25) is 0 Å². The van der Waals surface area contributed by atoms with Gasteiger partial charge in [0.1, 0.15) is 11.3 Å². The molecular formula is C13H17BrClN3O. The van der Waals surface area contributed by atoms with Crippen molar-refractivity contribution in [1.29, 1.82) is 0 Å². The van der Waals surface area contributed by atoms with Gasteiger partial charge < -0.3 is 9.30 Å². The number of alkyl halides is 1. The Kier molecular flexibility index (Phi) is 4.81. The van der Waals surface area contributed by atoms with E-state index in [2.05, 4.69) is 37.4 Å². The molecule has 104 valence electrons. The molecule has 0 aliphatic rings. The zero-order chi connectivity index (χ0) is 14.0. The van der Waals surface area contributed by atoms with Crippen LogP contribution in [0.3, 0.4) is 0 Å². The van der Waals surface area contributed by atoms with Crippen molar-refractivity contribution in [3.63, 3.8) is 0 Å². The molecule has 2 heterocycles. The second-order valence-corrected chi connectivity index (χ2v) is 6.04. The monoisotopic (exact) mass is 345 g/mol. The van der Waals surface area contributed by atoms with Crippen LogP contribution in [-0.2, 0) is 4.74 Å². The van der Waals surface area contributed by atoms with Crippen molar-refractivity contribution in [3.05, 3.63) is 22.6 Å². The minimum Gasteiger partial charge on any atom is -0.383 e. The Morgan fingerprint density at radius 1 is 1.53 bits per heavy atom. The summed E-state index contributed by atoms with van der Waals surface area (Å²) in [5.41, 5.74) is 1.71. The average molecular weight is 347 g/mol. The van der Waals surface area contributed by atoms with Crippen molar-refractivity contribution in [3.8, 4) is 0 Å². The van der Waals surface area contributed by atoms with E-state index in [1.54, 1.807) is 13.3 Å². The summed E-state index contributed by atoms with van der Waals surface area (Å²) >= 11 is 9.68. The first-order valence-corrected chi connectivity index (χ1v) is 7.47. The molecule has 19 heavy (non-hydrogen) atoms. The fourth-order valence-corrected chi connectivity index (χ4v) is 2.66. The van der Waals surface area contributed by atoms with Crippen LogP contribution in [0.25, 0.3) is 11.2 Å². The first-order chi connectivity index (χ1) is 9.08. The van der Waals surface area contributed by atoms with Crippen molar-refractivity contribution in [2.75, 3.05) is 13.7 Å². The van der Waals surface area contributed by atoms with Crippen molar-refractivity contribution >= 4 is 38.7 Å². The summed E-state index contributed by atoms with van der Waals surface area (Å²) in [7, 11) is 1.70. The standard InChI is InChI=1S/C13H17BrClN3O/c1-4-10(7-19-3)18-12(8(2)15)17-11-5-9(14)6-16-13(11)18/h5-6,8,10H,4,7H2,1-3H3. The molecule has 0 bridgehead atoms. The molecule has 0 aromatic carbocycles. The van der Waals surface area contributed by atoms with E-state index < -0.39 is 0 Å². The summed E-state index contributed by atoms with van der Waals surface area (Å²) in [6.45, 7) is 4.67. The molecule has 0 aliphatic carbocycles. The van der Waals surface area contributed by atoms with E-state index in [4.69, 9.17) is 16.3 Å². The molecule has 0 amide bonds. The van der Waals surface area contributed by atoms with E-state index in [0.29, 0.717) is 6.61 Å². The fraction of sp³-hybridized carbons (Fsp3) is 0.538. The van der Waals surface area contributed by atoms with Gasteiger partial charge in [-0.05, 0) is 35.3 Å². The number of rotatable bonds is 5. The van der Waals surface area contributed by atoms with Gasteiger partial charge in [0.25, 0.3) is 0 Å². The lowest BCUT2D eigenvalue weighted by Gasteiger charge is -2.19. The molecule has 2 atom stereocenters. The zero-order valence-electron chi connectivity index (χ0n) is 11.2. The second-order valence-electron chi connectivity index (χ2n) is 4.47. The SMILES string of the molecule is CCC(COC)n1c(C(C)Cl)nc2cc(Br)cnc21. The molecule has 2 rings (SSSR count). The number of ether oxygens (including phenoxy) is 1. The van der Waals surface area contributed by atoms with E-state index in [0.717, 1.165) is 27.9 Å². The maximum Gasteiger partial charge on any atom is 0.160 e. The minimum atomic E-state index is -0.168. The van der Waals surface area contributed by atoms with E-state index >= 15 is 0 Å². The van der Waals surface area contributed by atoms with Crippen LogP contribution in [0, 0.1) is 0 Å². The highest BCUT2D eigenvalue weighted by Gasteiger charge is 2.21. The van der Waals surface area contributed by atoms with Crippen LogP contribution in [0.2, 0.25) is 0 Å². The van der Waals surface area contributed by atoms with Gasteiger partial charge in [0.2, 0.25) is 0 Å². The average Bonchev–Trinajstić information content (AvgIpc) is 2.74. The Morgan fingerprint density at radius 2 is 2.26 bits per heavy atom. The van der Waals surface area contributed by atoms with Gasteiger partial charge in [0.05, 0.1) is 18.0 Å². The molecule has 0 fully saturated rings. The predicted octanol–water partition coefficient (Wildman–Crippen LogP) is 4.09. The molecule has 2 unspecified atom stereocenters.